The minimum atomic E-state index is 0.626. The van der Waals surface area contributed by atoms with Crippen LogP contribution in [0.2, 0.25) is 5.15 Å². The second-order valence-corrected chi connectivity index (χ2v) is 3.99. The number of hydrogen-bond acceptors (Lipinski definition) is 2. The van der Waals surface area contributed by atoms with Crippen LogP contribution in [0, 0.1) is 5.92 Å². The van der Waals surface area contributed by atoms with E-state index >= 15 is 0 Å². The summed E-state index contributed by atoms with van der Waals surface area (Å²) in [6, 6.07) is 0. The zero-order valence-electron chi connectivity index (χ0n) is 6.10. The molecule has 0 amide bonds. The highest BCUT2D eigenvalue weighted by Gasteiger charge is 2.01. The topological polar surface area (TPSA) is 12.9 Å². The van der Waals surface area contributed by atoms with E-state index < -0.39 is 0 Å². The van der Waals surface area contributed by atoms with E-state index in [1.54, 1.807) is 11.3 Å². The Hall–Kier alpha value is -0.0800. The number of aromatic nitrogens is 1. The monoisotopic (exact) mass is 175 g/mol. The first-order chi connectivity index (χ1) is 4.68. The van der Waals surface area contributed by atoms with E-state index in [0.717, 1.165) is 11.4 Å². The van der Waals surface area contributed by atoms with Crippen molar-refractivity contribution >= 4 is 22.9 Å². The summed E-state index contributed by atoms with van der Waals surface area (Å²) in [5.74, 6) is 0.669. The van der Waals surface area contributed by atoms with Gasteiger partial charge in [-0.3, -0.25) is 0 Å². The Morgan fingerprint density at radius 2 is 2.40 bits per heavy atom. The molecule has 0 spiro atoms. The van der Waals surface area contributed by atoms with Gasteiger partial charge in [-0.15, -0.1) is 11.3 Å². The normalized spacial score (nSPS) is 10.8. The maximum atomic E-state index is 5.64. The quantitative estimate of drug-likeness (QED) is 0.674. The number of rotatable bonds is 2. The molecule has 0 N–H and O–H groups in total. The lowest BCUT2D eigenvalue weighted by molar-refractivity contribution is 0.644. The molecule has 0 radical (unpaired) electrons. The van der Waals surface area contributed by atoms with E-state index in [4.69, 9.17) is 11.6 Å². The molecule has 56 valence electrons. The zero-order chi connectivity index (χ0) is 7.56. The summed E-state index contributed by atoms with van der Waals surface area (Å²) in [5.41, 5.74) is 0. The third-order valence-electron chi connectivity index (χ3n) is 1.11. The van der Waals surface area contributed by atoms with Crippen LogP contribution in [0.1, 0.15) is 18.9 Å². The maximum absolute atomic E-state index is 5.64. The molecule has 0 unspecified atom stereocenters. The van der Waals surface area contributed by atoms with Crippen molar-refractivity contribution in [2.75, 3.05) is 0 Å². The van der Waals surface area contributed by atoms with Crippen molar-refractivity contribution in [2.45, 2.75) is 20.3 Å². The Labute approximate surface area is 70.1 Å². The second kappa shape index (κ2) is 3.35. The molecule has 0 aliphatic carbocycles. The lowest BCUT2D eigenvalue weighted by atomic mass is 10.1. The van der Waals surface area contributed by atoms with E-state index in [2.05, 4.69) is 18.8 Å². The van der Waals surface area contributed by atoms with Crippen LogP contribution in [0.4, 0.5) is 0 Å². The van der Waals surface area contributed by atoms with Gasteiger partial charge in [0, 0.05) is 11.8 Å². The van der Waals surface area contributed by atoms with E-state index in [1.807, 2.05) is 5.38 Å². The Kier molecular flexibility index (Phi) is 2.69. The standard InChI is InChI=1S/C7H10ClNS/c1-5(2)3-7-9-6(8)4-10-7/h4-5H,3H2,1-2H3. The van der Waals surface area contributed by atoms with Gasteiger partial charge in [-0.1, -0.05) is 25.4 Å². The summed E-state index contributed by atoms with van der Waals surface area (Å²) >= 11 is 7.28. The number of halogens is 1. The first kappa shape index (κ1) is 8.02. The summed E-state index contributed by atoms with van der Waals surface area (Å²) in [6.07, 6.45) is 1.04. The lowest BCUT2D eigenvalue weighted by Crippen LogP contribution is -1.91. The molecule has 1 aromatic rings. The van der Waals surface area contributed by atoms with Crippen molar-refractivity contribution < 1.29 is 0 Å². The molecule has 1 heterocycles. The Bertz CT molecular complexity index is 207. The van der Waals surface area contributed by atoms with Gasteiger partial charge in [0.25, 0.3) is 0 Å². The molecule has 0 aromatic carbocycles. The first-order valence-corrected chi connectivity index (χ1v) is 4.54. The molecule has 1 rings (SSSR count). The summed E-state index contributed by atoms with van der Waals surface area (Å²) < 4.78 is 0. The summed E-state index contributed by atoms with van der Waals surface area (Å²) in [7, 11) is 0. The van der Waals surface area contributed by atoms with Crippen LogP contribution in [0.15, 0.2) is 5.38 Å². The highest BCUT2D eigenvalue weighted by atomic mass is 35.5. The van der Waals surface area contributed by atoms with Crippen LogP contribution >= 0.6 is 22.9 Å². The third kappa shape index (κ3) is 2.27. The molecule has 0 aliphatic rings. The van der Waals surface area contributed by atoms with Crippen LogP contribution in [0.3, 0.4) is 0 Å². The summed E-state index contributed by atoms with van der Waals surface area (Å²) in [5, 5.41) is 3.64. The molecule has 1 nitrogen and oxygen atoms in total. The average Bonchev–Trinajstić information content (AvgIpc) is 2.13. The smallest absolute Gasteiger partial charge is 0.140 e. The van der Waals surface area contributed by atoms with Gasteiger partial charge in [-0.25, -0.2) is 4.98 Å². The van der Waals surface area contributed by atoms with Crippen molar-refractivity contribution in [3.8, 4) is 0 Å². The Morgan fingerprint density at radius 1 is 1.70 bits per heavy atom. The van der Waals surface area contributed by atoms with E-state index in [1.165, 1.54) is 0 Å². The molecule has 0 atom stereocenters. The fourth-order valence-corrected chi connectivity index (χ4v) is 1.88. The largest absolute Gasteiger partial charge is 0.230 e. The molecule has 0 fully saturated rings. The van der Waals surface area contributed by atoms with Crippen molar-refractivity contribution in [1.29, 1.82) is 0 Å². The molecule has 0 saturated carbocycles. The molecule has 10 heavy (non-hydrogen) atoms. The van der Waals surface area contributed by atoms with Crippen molar-refractivity contribution in [3.05, 3.63) is 15.5 Å². The van der Waals surface area contributed by atoms with Gasteiger partial charge in [0.2, 0.25) is 0 Å². The maximum Gasteiger partial charge on any atom is 0.140 e. The van der Waals surface area contributed by atoms with Gasteiger partial charge in [0.05, 0.1) is 5.01 Å². The molecule has 0 aliphatic heterocycles. The molecular formula is C7H10ClNS. The SMILES string of the molecule is CC(C)Cc1nc(Cl)cs1. The fraction of sp³-hybridized carbons (Fsp3) is 0.571. The molecule has 0 bridgehead atoms. The van der Waals surface area contributed by atoms with Crippen LogP contribution in [-0.4, -0.2) is 4.98 Å². The van der Waals surface area contributed by atoms with E-state index in [9.17, 15) is 0 Å². The van der Waals surface area contributed by atoms with Gasteiger partial charge >= 0.3 is 0 Å². The summed E-state index contributed by atoms with van der Waals surface area (Å²) in [4.78, 5) is 4.13. The molecule has 1 aromatic heterocycles. The molecular weight excluding hydrogens is 166 g/mol. The molecule has 3 heteroatoms. The average molecular weight is 176 g/mol. The van der Waals surface area contributed by atoms with E-state index in [0.29, 0.717) is 11.1 Å². The van der Waals surface area contributed by atoms with Crippen LogP contribution in [0.5, 0.6) is 0 Å². The van der Waals surface area contributed by atoms with Gasteiger partial charge in [-0.2, -0.15) is 0 Å². The Morgan fingerprint density at radius 3 is 2.80 bits per heavy atom. The number of hydrogen-bond donors (Lipinski definition) is 0. The molecule has 0 saturated heterocycles. The lowest BCUT2D eigenvalue weighted by Gasteiger charge is -1.97. The predicted octanol–water partition coefficient (Wildman–Crippen LogP) is 3.00. The second-order valence-electron chi connectivity index (χ2n) is 2.66. The van der Waals surface area contributed by atoms with Crippen molar-refractivity contribution in [3.63, 3.8) is 0 Å². The summed E-state index contributed by atoms with van der Waals surface area (Å²) in [6.45, 7) is 4.35. The number of nitrogens with zero attached hydrogens (tertiary/aromatic N) is 1. The zero-order valence-corrected chi connectivity index (χ0v) is 7.67. The van der Waals surface area contributed by atoms with Crippen molar-refractivity contribution in [2.24, 2.45) is 5.92 Å². The third-order valence-corrected chi connectivity index (χ3v) is 2.30. The van der Waals surface area contributed by atoms with Crippen LogP contribution < -0.4 is 0 Å². The highest BCUT2D eigenvalue weighted by Crippen LogP contribution is 2.16. The minimum absolute atomic E-state index is 0.626. The first-order valence-electron chi connectivity index (χ1n) is 3.28. The van der Waals surface area contributed by atoms with Crippen molar-refractivity contribution in [1.82, 2.24) is 4.98 Å². The Balaban J connectivity index is 2.58. The predicted molar refractivity (Wildman–Crippen MR) is 45.7 cm³/mol. The van der Waals surface area contributed by atoms with Gasteiger partial charge in [0.15, 0.2) is 0 Å². The van der Waals surface area contributed by atoms with Crippen LogP contribution in [-0.2, 0) is 6.42 Å². The number of thiazole rings is 1. The van der Waals surface area contributed by atoms with E-state index in [-0.39, 0.29) is 0 Å². The fourth-order valence-electron chi connectivity index (χ4n) is 0.731. The highest BCUT2D eigenvalue weighted by molar-refractivity contribution is 7.10. The van der Waals surface area contributed by atoms with Gasteiger partial charge < -0.3 is 0 Å². The minimum Gasteiger partial charge on any atom is -0.230 e. The van der Waals surface area contributed by atoms with Gasteiger partial charge in [0.1, 0.15) is 5.15 Å². The van der Waals surface area contributed by atoms with Crippen LogP contribution in [0.25, 0.3) is 0 Å². The van der Waals surface area contributed by atoms with Gasteiger partial charge in [-0.05, 0) is 5.92 Å².